The van der Waals surface area contributed by atoms with E-state index in [4.69, 9.17) is 10.5 Å². The highest BCUT2D eigenvalue weighted by Gasteiger charge is 2.26. The molecular weight excluding hydrogens is 240 g/mol. The minimum absolute atomic E-state index is 0.413. The SMILES string of the molecule is CCC1CCCC1Nc1cc(C(N)=O)ccc1OC. The molecule has 1 aliphatic carbocycles. The summed E-state index contributed by atoms with van der Waals surface area (Å²) in [4.78, 5) is 11.3. The van der Waals surface area contributed by atoms with E-state index in [1.54, 1.807) is 25.3 Å². The number of hydrogen-bond donors (Lipinski definition) is 2. The first-order valence-corrected chi connectivity index (χ1v) is 6.90. The van der Waals surface area contributed by atoms with Gasteiger partial charge in [0.15, 0.2) is 0 Å². The summed E-state index contributed by atoms with van der Waals surface area (Å²) < 4.78 is 5.34. The van der Waals surface area contributed by atoms with E-state index in [1.165, 1.54) is 25.7 Å². The van der Waals surface area contributed by atoms with Gasteiger partial charge >= 0.3 is 0 Å². The van der Waals surface area contributed by atoms with Crippen LogP contribution in [0.25, 0.3) is 0 Å². The molecule has 104 valence electrons. The van der Waals surface area contributed by atoms with Gasteiger partial charge in [-0.15, -0.1) is 0 Å². The van der Waals surface area contributed by atoms with Gasteiger partial charge in [0.05, 0.1) is 12.8 Å². The molecule has 4 nitrogen and oxygen atoms in total. The molecular formula is C15H22N2O2. The van der Waals surface area contributed by atoms with Gasteiger partial charge in [-0.05, 0) is 37.0 Å². The van der Waals surface area contributed by atoms with Gasteiger partial charge < -0.3 is 15.8 Å². The van der Waals surface area contributed by atoms with Crippen molar-refractivity contribution in [2.45, 2.75) is 38.6 Å². The smallest absolute Gasteiger partial charge is 0.248 e. The van der Waals surface area contributed by atoms with E-state index in [0.29, 0.717) is 17.5 Å². The van der Waals surface area contributed by atoms with Crippen LogP contribution in [0.5, 0.6) is 5.75 Å². The van der Waals surface area contributed by atoms with E-state index in [0.717, 1.165) is 11.4 Å². The van der Waals surface area contributed by atoms with Crippen LogP contribution < -0.4 is 15.8 Å². The van der Waals surface area contributed by atoms with Gasteiger partial charge in [0.1, 0.15) is 5.75 Å². The van der Waals surface area contributed by atoms with E-state index in [-0.39, 0.29) is 0 Å². The Balaban J connectivity index is 2.22. The second-order valence-corrected chi connectivity index (χ2v) is 5.13. The lowest BCUT2D eigenvalue weighted by molar-refractivity contribution is 0.100. The highest BCUT2D eigenvalue weighted by Crippen LogP contribution is 2.34. The summed E-state index contributed by atoms with van der Waals surface area (Å²) in [5.41, 5.74) is 6.70. The molecule has 0 spiro atoms. The lowest BCUT2D eigenvalue weighted by atomic mass is 10.00. The first-order valence-electron chi connectivity index (χ1n) is 6.90. The van der Waals surface area contributed by atoms with Crippen LogP contribution in [-0.2, 0) is 0 Å². The van der Waals surface area contributed by atoms with Crippen LogP contribution in [0.3, 0.4) is 0 Å². The van der Waals surface area contributed by atoms with Crippen molar-refractivity contribution in [1.82, 2.24) is 0 Å². The van der Waals surface area contributed by atoms with Crippen LogP contribution in [0.1, 0.15) is 43.0 Å². The summed E-state index contributed by atoms with van der Waals surface area (Å²) >= 11 is 0. The number of carbonyl (C=O) groups excluding carboxylic acids is 1. The molecule has 0 bridgehead atoms. The van der Waals surface area contributed by atoms with Crippen molar-refractivity contribution < 1.29 is 9.53 Å². The first kappa shape index (κ1) is 13.7. The number of rotatable bonds is 5. The summed E-state index contributed by atoms with van der Waals surface area (Å²) in [7, 11) is 1.64. The second-order valence-electron chi connectivity index (χ2n) is 5.13. The number of amides is 1. The predicted molar refractivity (Wildman–Crippen MR) is 76.6 cm³/mol. The third-order valence-corrected chi connectivity index (χ3v) is 4.01. The molecule has 1 aromatic carbocycles. The Bertz CT molecular complexity index is 459. The minimum Gasteiger partial charge on any atom is -0.495 e. The Morgan fingerprint density at radius 3 is 2.89 bits per heavy atom. The second kappa shape index (κ2) is 5.95. The van der Waals surface area contributed by atoms with Crippen molar-refractivity contribution in [3.8, 4) is 5.75 Å². The number of nitrogens with two attached hydrogens (primary N) is 1. The molecule has 0 saturated heterocycles. The number of benzene rings is 1. The average Bonchev–Trinajstić information content (AvgIpc) is 2.85. The molecule has 1 aliphatic rings. The zero-order valence-electron chi connectivity index (χ0n) is 11.6. The number of nitrogens with one attached hydrogen (secondary N) is 1. The van der Waals surface area contributed by atoms with E-state index in [9.17, 15) is 4.79 Å². The Morgan fingerprint density at radius 1 is 1.47 bits per heavy atom. The van der Waals surface area contributed by atoms with E-state index in [1.807, 2.05) is 0 Å². The Hall–Kier alpha value is -1.71. The van der Waals surface area contributed by atoms with E-state index >= 15 is 0 Å². The van der Waals surface area contributed by atoms with Crippen molar-refractivity contribution in [3.63, 3.8) is 0 Å². The number of ether oxygens (including phenoxy) is 1. The lowest BCUT2D eigenvalue weighted by Crippen LogP contribution is -2.24. The molecule has 4 heteroatoms. The number of hydrogen-bond acceptors (Lipinski definition) is 3. The molecule has 1 aromatic rings. The van der Waals surface area contributed by atoms with Gasteiger partial charge in [-0.2, -0.15) is 0 Å². The third kappa shape index (κ3) is 3.00. The lowest BCUT2D eigenvalue weighted by Gasteiger charge is -2.22. The maximum Gasteiger partial charge on any atom is 0.248 e. The largest absolute Gasteiger partial charge is 0.495 e. The zero-order chi connectivity index (χ0) is 13.8. The number of primary amides is 1. The fourth-order valence-electron chi connectivity index (χ4n) is 2.89. The monoisotopic (exact) mass is 262 g/mol. The molecule has 0 radical (unpaired) electrons. The Morgan fingerprint density at radius 2 is 2.26 bits per heavy atom. The highest BCUT2D eigenvalue weighted by molar-refractivity contribution is 5.94. The van der Waals surface area contributed by atoms with Gasteiger partial charge in [-0.25, -0.2) is 0 Å². The zero-order valence-corrected chi connectivity index (χ0v) is 11.6. The van der Waals surface area contributed by atoms with Gasteiger partial charge in [-0.3, -0.25) is 4.79 Å². The van der Waals surface area contributed by atoms with Crippen LogP contribution in [0.2, 0.25) is 0 Å². The standard InChI is InChI=1S/C15H22N2O2/c1-3-10-5-4-6-12(10)17-13-9-11(15(16)18)7-8-14(13)19-2/h7-10,12,17H,3-6H2,1-2H3,(H2,16,18). The van der Waals surface area contributed by atoms with Crippen LogP contribution in [-0.4, -0.2) is 19.1 Å². The molecule has 2 rings (SSSR count). The van der Waals surface area contributed by atoms with Crippen molar-refractivity contribution in [1.29, 1.82) is 0 Å². The molecule has 2 unspecified atom stereocenters. The van der Waals surface area contributed by atoms with E-state index in [2.05, 4.69) is 12.2 Å². The first-order chi connectivity index (χ1) is 9.15. The highest BCUT2D eigenvalue weighted by atomic mass is 16.5. The topological polar surface area (TPSA) is 64.3 Å². The molecule has 19 heavy (non-hydrogen) atoms. The van der Waals surface area contributed by atoms with Gasteiger partial charge in [0, 0.05) is 11.6 Å². The fourth-order valence-corrected chi connectivity index (χ4v) is 2.89. The van der Waals surface area contributed by atoms with Gasteiger partial charge in [0.2, 0.25) is 5.91 Å². The van der Waals surface area contributed by atoms with Crippen LogP contribution in [0, 0.1) is 5.92 Å². The van der Waals surface area contributed by atoms with Crippen molar-refractivity contribution in [2.75, 3.05) is 12.4 Å². The summed E-state index contributed by atoms with van der Waals surface area (Å²) in [5.74, 6) is 1.04. The van der Waals surface area contributed by atoms with Crippen molar-refractivity contribution in [3.05, 3.63) is 23.8 Å². The third-order valence-electron chi connectivity index (χ3n) is 4.01. The maximum atomic E-state index is 11.3. The van der Waals surface area contributed by atoms with E-state index < -0.39 is 5.91 Å². The summed E-state index contributed by atoms with van der Waals surface area (Å²) in [6.45, 7) is 2.22. The molecule has 2 atom stereocenters. The van der Waals surface area contributed by atoms with Crippen LogP contribution >= 0.6 is 0 Å². The number of methoxy groups -OCH3 is 1. The predicted octanol–water partition coefficient (Wildman–Crippen LogP) is 2.78. The van der Waals surface area contributed by atoms with Crippen LogP contribution in [0.15, 0.2) is 18.2 Å². The maximum absolute atomic E-state index is 11.3. The molecule has 1 saturated carbocycles. The summed E-state index contributed by atoms with van der Waals surface area (Å²) in [5, 5.41) is 3.52. The Kier molecular flexibility index (Phi) is 4.30. The normalized spacial score (nSPS) is 22.2. The molecule has 0 heterocycles. The quantitative estimate of drug-likeness (QED) is 0.857. The Labute approximate surface area is 114 Å². The van der Waals surface area contributed by atoms with Gasteiger partial charge in [-0.1, -0.05) is 19.8 Å². The number of anilines is 1. The molecule has 3 N–H and O–H groups in total. The molecule has 0 aliphatic heterocycles. The van der Waals surface area contributed by atoms with Gasteiger partial charge in [0.25, 0.3) is 0 Å². The summed E-state index contributed by atoms with van der Waals surface area (Å²) in [6, 6.07) is 5.73. The molecule has 1 fully saturated rings. The fraction of sp³-hybridized carbons (Fsp3) is 0.533. The van der Waals surface area contributed by atoms with Crippen molar-refractivity contribution in [2.24, 2.45) is 11.7 Å². The summed E-state index contributed by atoms with van der Waals surface area (Å²) in [6.07, 6.45) is 4.87. The van der Waals surface area contributed by atoms with Crippen LogP contribution in [0.4, 0.5) is 5.69 Å². The molecule has 0 aromatic heterocycles. The molecule has 1 amide bonds. The number of carbonyl (C=O) groups is 1. The minimum atomic E-state index is -0.413. The van der Waals surface area contributed by atoms with Crippen molar-refractivity contribution >= 4 is 11.6 Å². The average molecular weight is 262 g/mol.